The second-order valence-corrected chi connectivity index (χ2v) is 12.4. The number of benzene rings is 6. The smallest absolute Gasteiger partial charge is 0.151 e. The van der Waals surface area contributed by atoms with Crippen LogP contribution in [0.5, 0.6) is 23.0 Å². The zero-order valence-corrected chi connectivity index (χ0v) is 32.1. The highest BCUT2D eigenvalue weighted by Gasteiger charge is 2.28. The summed E-state index contributed by atoms with van der Waals surface area (Å²) in [5, 5.41) is 5.93. The summed E-state index contributed by atoms with van der Waals surface area (Å²) in [6, 6.07) is 42.5. The summed E-state index contributed by atoms with van der Waals surface area (Å²) in [4.78, 5) is 4.01. The Kier molecular flexibility index (Phi) is 12.8. The highest BCUT2D eigenvalue weighted by Crippen LogP contribution is 2.53. The zero-order chi connectivity index (χ0) is 33.3. The minimum absolute atomic E-state index is 0.596. The molecule has 0 radical (unpaired) electrons. The van der Waals surface area contributed by atoms with Gasteiger partial charge in [-0.25, -0.2) is 0 Å². The maximum absolute atomic E-state index is 6.43. The van der Waals surface area contributed by atoms with E-state index in [1.54, 1.807) is 0 Å². The summed E-state index contributed by atoms with van der Waals surface area (Å²) in [6.45, 7) is 0. The van der Waals surface area contributed by atoms with Crippen LogP contribution in [0, 0.1) is 3.57 Å². The molecule has 0 saturated heterocycles. The van der Waals surface area contributed by atoms with Crippen LogP contribution >= 0.6 is 91.6 Å². The van der Waals surface area contributed by atoms with Gasteiger partial charge < -0.3 is 19.7 Å². The van der Waals surface area contributed by atoms with Crippen LogP contribution in [-0.4, -0.2) is 4.93 Å². The Labute approximate surface area is 321 Å². The first-order chi connectivity index (χ1) is 22.9. The molecular weight excluding hydrogens is 900 g/mol. The average molecular weight is 926 g/mol. The molecule has 0 fully saturated rings. The van der Waals surface area contributed by atoms with Crippen LogP contribution in [0.2, 0.25) is 20.1 Å². The van der Waals surface area contributed by atoms with E-state index in [4.69, 9.17) is 55.9 Å². The standard InChI is InChI=1S/C18H11Cl2NO.C12H9NO.C6H3Cl2I.CH3I/c19-12-6-5-7-13(20)18(12)21-14-8-1-3-10-16(14)22-17-11-4-2-9-15(17)21;1-3-7-11-9(5-1)13-10-6-2-4-8-12(10)14-11;7-4-2-1-3-5(8)6(4)9;1-2/h1-11H;1-8,13H;1-3H;1H3. The molecule has 0 unspecified atom stereocenters. The number of hydrogen-bond acceptors (Lipinski definition) is 4. The lowest BCUT2D eigenvalue weighted by molar-refractivity contribution is 0.477. The van der Waals surface area contributed by atoms with Gasteiger partial charge in [-0.15, -0.1) is 0 Å². The van der Waals surface area contributed by atoms with Crippen molar-refractivity contribution in [3.05, 3.63) is 157 Å². The molecule has 0 saturated carbocycles. The number of nitrogens with one attached hydrogen (secondary N) is 1. The van der Waals surface area contributed by atoms with Crippen LogP contribution < -0.4 is 19.7 Å². The van der Waals surface area contributed by atoms with E-state index in [1.165, 1.54) is 0 Å². The zero-order valence-electron chi connectivity index (χ0n) is 24.7. The number of ether oxygens (including phenoxy) is 2. The third-order valence-corrected chi connectivity index (χ3v) is 9.80. The van der Waals surface area contributed by atoms with Crippen molar-refractivity contribution in [3.8, 4) is 23.0 Å². The number of alkyl halides is 1. The molecule has 0 spiro atoms. The van der Waals surface area contributed by atoms with Crippen molar-refractivity contribution < 1.29 is 9.47 Å². The molecule has 238 valence electrons. The Morgan fingerprint density at radius 3 is 1.28 bits per heavy atom. The highest BCUT2D eigenvalue weighted by molar-refractivity contribution is 14.1. The molecule has 2 heterocycles. The van der Waals surface area contributed by atoms with Gasteiger partial charge in [-0.3, -0.25) is 0 Å². The first-order valence-corrected chi connectivity index (χ1v) is 18.9. The molecule has 6 aromatic rings. The van der Waals surface area contributed by atoms with Crippen molar-refractivity contribution in [1.29, 1.82) is 0 Å². The number of fused-ring (bicyclic) bond motifs is 4. The van der Waals surface area contributed by atoms with Crippen molar-refractivity contribution in [2.24, 2.45) is 0 Å². The van der Waals surface area contributed by atoms with E-state index in [0.29, 0.717) is 20.1 Å². The van der Waals surface area contributed by atoms with E-state index in [0.717, 1.165) is 55.0 Å². The molecule has 0 aliphatic carbocycles. The lowest BCUT2D eigenvalue weighted by Gasteiger charge is -2.33. The number of para-hydroxylation sites is 9. The first kappa shape index (κ1) is 35.4. The van der Waals surface area contributed by atoms with Gasteiger partial charge in [0.2, 0.25) is 0 Å². The van der Waals surface area contributed by atoms with E-state index in [1.807, 2.05) is 143 Å². The second kappa shape index (κ2) is 17.0. The number of nitrogens with zero attached hydrogens (tertiary/aromatic N) is 1. The molecule has 1 N–H and O–H groups in total. The summed E-state index contributed by atoms with van der Waals surface area (Å²) in [7, 11) is 0. The van der Waals surface area contributed by atoms with Crippen LogP contribution in [0.15, 0.2) is 133 Å². The van der Waals surface area contributed by atoms with Gasteiger partial charge >= 0.3 is 0 Å². The third-order valence-electron chi connectivity index (χ3n) is 6.76. The molecule has 0 bridgehead atoms. The van der Waals surface area contributed by atoms with Crippen LogP contribution in [0.4, 0.5) is 28.4 Å². The van der Waals surface area contributed by atoms with Crippen molar-refractivity contribution >= 4 is 120 Å². The maximum atomic E-state index is 6.43. The monoisotopic (exact) mass is 924 g/mol. The molecule has 4 nitrogen and oxygen atoms in total. The number of halogens is 6. The summed E-state index contributed by atoms with van der Waals surface area (Å²) >= 11 is 28.6. The molecule has 2 aliphatic heterocycles. The lowest BCUT2D eigenvalue weighted by Crippen LogP contribution is -2.16. The summed E-state index contributed by atoms with van der Waals surface area (Å²) in [6.07, 6.45) is 0. The number of rotatable bonds is 1. The van der Waals surface area contributed by atoms with Crippen LogP contribution in [-0.2, 0) is 0 Å². The molecule has 0 amide bonds. The number of hydrogen-bond donors (Lipinski definition) is 1. The molecule has 0 aromatic heterocycles. The van der Waals surface area contributed by atoms with E-state index in [2.05, 4.69) is 50.5 Å². The Morgan fingerprint density at radius 1 is 0.468 bits per heavy atom. The van der Waals surface area contributed by atoms with Gasteiger partial charge in [-0.05, 0) is 100 Å². The van der Waals surface area contributed by atoms with Gasteiger partial charge in [-0.1, -0.05) is 130 Å². The van der Waals surface area contributed by atoms with Gasteiger partial charge in [0.15, 0.2) is 23.0 Å². The predicted molar refractivity (Wildman–Crippen MR) is 217 cm³/mol. The van der Waals surface area contributed by atoms with Gasteiger partial charge in [-0.2, -0.15) is 0 Å². The SMILES string of the molecule is CI.Clc1cccc(Cl)c1I.Clc1cccc(Cl)c1N1c2ccccc2Oc2ccccc21.c1ccc2c(c1)Nc1ccccc1O2. The summed E-state index contributed by atoms with van der Waals surface area (Å²) in [5.41, 5.74) is 4.62. The normalized spacial score (nSPS) is 11.3. The Bertz CT molecular complexity index is 1820. The van der Waals surface area contributed by atoms with Crippen molar-refractivity contribution in [2.45, 2.75) is 0 Å². The minimum Gasteiger partial charge on any atom is -0.453 e. The van der Waals surface area contributed by atoms with E-state index in [-0.39, 0.29) is 0 Å². The Hall–Kier alpha value is -2.86. The fourth-order valence-corrected chi connectivity index (χ4v) is 6.03. The van der Waals surface area contributed by atoms with E-state index in [9.17, 15) is 0 Å². The van der Waals surface area contributed by atoms with Gasteiger partial charge in [0.25, 0.3) is 0 Å². The minimum atomic E-state index is 0.596. The Morgan fingerprint density at radius 2 is 0.830 bits per heavy atom. The predicted octanol–water partition coefficient (Wildman–Crippen LogP) is 14.8. The average Bonchev–Trinajstić information content (AvgIpc) is 3.10. The maximum Gasteiger partial charge on any atom is 0.151 e. The fraction of sp³-hybridized carbons (Fsp3) is 0.0270. The molecule has 8 rings (SSSR count). The third kappa shape index (κ3) is 8.42. The number of anilines is 5. The van der Waals surface area contributed by atoms with Crippen LogP contribution in [0.3, 0.4) is 0 Å². The molecule has 10 heteroatoms. The molecule has 47 heavy (non-hydrogen) atoms. The van der Waals surface area contributed by atoms with Crippen LogP contribution in [0.25, 0.3) is 0 Å². The van der Waals surface area contributed by atoms with Crippen molar-refractivity contribution in [2.75, 3.05) is 15.1 Å². The van der Waals surface area contributed by atoms with E-state index >= 15 is 0 Å². The second-order valence-electron chi connectivity index (χ2n) is 9.70. The molecule has 0 atom stereocenters. The van der Waals surface area contributed by atoms with E-state index < -0.39 is 0 Å². The van der Waals surface area contributed by atoms with Crippen molar-refractivity contribution in [1.82, 2.24) is 0 Å². The van der Waals surface area contributed by atoms with Crippen molar-refractivity contribution in [3.63, 3.8) is 0 Å². The quantitative estimate of drug-likeness (QED) is 0.101. The first-order valence-electron chi connectivity index (χ1n) is 14.1. The topological polar surface area (TPSA) is 33.7 Å². The lowest BCUT2D eigenvalue weighted by atomic mass is 10.1. The van der Waals surface area contributed by atoms with Crippen LogP contribution in [0.1, 0.15) is 0 Å². The molecular formula is C37H26Cl4I2N2O2. The largest absolute Gasteiger partial charge is 0.453 e. The summed E-state index contributed by atoms with van der Waals surface area (Å²) in [5.74, 6) is 3.31. The van der Waals surface area contributed by atoms with Gasteiger partial charge in [0.05, 0.1) is 52.1 Å². The fourth-order valence-electron chi connectivity index (χ4n) is 4.71. The summed E-state index contributed by atoms with van der Waals surface area (Å²) < 4.78 is 12.6. The Balaban J connectivity index is 0.000000148. The molecule has 6 aromatic carbocycles. The van der Waals surface area contributed by atoms with Gasteiger partial charge in [0, 0.05) is 0 Å². The highest BCUT2D eigenvalue weighted by atomic mass is 127. The van der Waals surface area contributed by atoms with Gasteiger partial charge in [0.1, 0.15) is 0 Å². The molecule has 2 aliphatic rings.